The molecular weight excluding hydrogens is 284 g/mol. The number of aryl methyl sites for hydroxylation is 1. The summed E-state index contributed by atoms with van der Waals surface area (Å²) in [5.41, 5.74) is 0. The highest BCUT2D eigenvalue weighted by Gasteiger charge is 2.35. The molecule has 1 aliphatic carbocycles. The third-order valence-corrected chi connectivity index (χ3v) is 3.55. The van der Waals surface area contributed by atoms with Gasteiger partial charge in [-0.2, -0.15) is 0 Å². The van der Waals surface area contributed by atoms with E-state index in [-0.39, 0.29) is 5.91 Å². The molecule has 1 unspecified atom stereocenters. The predicted molar refractivity (Wildman–Crippen MR) is 71.8 cm³/mol. The van der Waals surface area contributed by atoms with E-state index in [2.05, 4.69) is 15.5 Å². The van der Waals surface area contributed by atoms with Crippen molar-refractivity contribution in [1.29, 1.82) is 0 Å². The molecule has 0 bridgehead atoms. The maximum Gasteiger partial charge on any atom is 0.319 e. The van der Waals surface area contributed by atoms with Crippen LogP contribution in [-0.4, -0.2) is 53.8 Å². The molecule has 0 spiro atoms. The zero-order chi connectivity index (χ0) is 13.9. The normalized spacial score (nSPS) is 22.9. The number of nitrogens with zero attached hydrogens (tertiary/aromatic N) is 3. The van der Waals surface area contributed by atoms with Gasteiger partial charge in [0.15, 0.2) is 0 Å². The fourth-order valence-corrected chi connectivity index (χ4v) is 2.28. The van der Waals surface area contributed by atoms with Gasteiger partial charge in [0.05, 0.1) is 13.2 Å². The van der Waals surface area contributed by atoms with E-state index in [1.165, 1.54) is 0 Å². The molecule has 1 aliphatic heterocycles. The van der Waals surface area contributed by atoms with Crippen LogP contribution in [0.1, 0.15) is 18.7 Å². The lowest BCUT2D eigenvalue weighted by atomic mass is 10.2. The summed E-state index contributed by atoms with van der Waals surface area (Å²) in [4.78, 5) is 14.0. The Morgan fingerprint density at radius 1 is 1.45 bits per heavy atom. The molecule has 1 amide bonds. The largest absolute Gasteiger partial charge is 0.408 e. The fraction of sp³-hybridized carbons (Fsp3) is 0.750. The molecule has 110 valence electrons. The Morgan fingerprint density at radius 3 is 3.05 bits per heavy atom. The SMILES string of the molecule is O=C(NC1CC1)C1COCCN1c1nnc(CCCl)o1. The molecular formula is C12H17ClN4O3. The van der Waals surface area contributed by atoms with Gasteiger partial charge in [-0.1, -0.05) is 5.10 Å². The first-order chi connectivity index (χ1) is 9.78. The van der Waals surface area contributed by atoms with Gasteiger partial charge >= 0.3 is 6.01 Å². The molecule has 8 heteroatoms. The molecule has 7 nitrogen and oxygen atoms in total. The van der Waals surface area contributed by atoms with Gasteiger partial charge in [0.2, 0.25) is 11.8 Å². The third kappa shape index (κ3) is 3.04. The molecule has 20 heavy (non-hydrogen) atoms. The van der Waals surface area contributed by atoms with E-state index in [9.17, 15) is 4.79 Å². The molecule has 2 aliphatic rings. The monoisotopic (exact) mass is 300 g/mol. The topological polar surface area (TPSA) is 80.5 Å². The number of hydrogen-bond acceptors (Lipinski definition) is 6. The number of nitrogens with one attached hydrogen (secondary N) is 1. The van der Waals surface area contributed by atoms with Gasteiger partial charge in [0.1, 0.15) is 6.04 Å². The lowest BCUT2D eigenvalue weighted by Gasteiger charge is -2.32. The number of anilines is 1. The summed E-state index contributed by atoms with van der Waals surface area (Å²) in [5, 5.41) is 10.9. The number of rotatable bonds is 5. The highest BCUT2D eigenvalue weighted by atomic mass is 35.5. The second kappa shape index (κ2) is 5.97. The Morgan fingerprint density at radius 2 is 2.30 bits per heavy atom. The van der Waals surface area contributed by atoms with Crippen molar-refractivity contribution in [2.24, 2.45) is 0 Å². The average molecular weight is 301 g/mol. The van der Waals surface area contributed by atoms with E-state index in [0.29, 0.717) is 50.0 Å². The summed E-state index contributed by atoms with van der Waals surface area (Å²) < 4.78 is 10.9. The first kappa shape index (κ1) is 13.6. The van der Waals surface area contributed by atoms with Crippen molar-refractivity contribution in [3.05, 3.63) is 5.89 Å². The number of carbonyl (C=O) groups excluding carboxylic acids is 1. The summed E-state index contributed by atoms with van der Waals surface area (Å²) in [5.74, 6) is 0.878. The van der Waals surface area contributed by atoms with Crippen molar-refractivity contribution in [3.63, 3.8) is 0 Å². The maximum atomic E-state index is 12.2. The van der Waals surface area contributed by atoms with E-state index in [0.717, 1.165) is 12.8 Å². The highest BCUT2D eigenvalue weighted by molar-refractivity contribution is 6.17. The molecule has 0 radical (unpaired) electrons. The molecule has 0 aromatic carbocycles. The van der Waals surface area contributed by atoms with Crippen LogP contribution in [0.2, 0.25) is 0 Å². The van der Waals surface area contributed by atoms with Crippen LogP contribution in [0.5, 0.6) is 0 Å². The first-order valence-electron chi connectivity index (χ1n) is 6.81. The Hall–Kier alpha value is -1.34. The highest BCUT2D eigenvalue weighted by Crippen LogP contribution is 2.22. The van der Waals surface area contributed by atoms with Crippen molar-refractivity contribution in [2.45, 2.75) is 31.3 Å². The summed E-state index contributed by atoms with van der Waals surface area (Å²) in [7, 11) is 0. The van der Waals surface area contributed by atoms with E-state index in [1.807, 2.05) is 4.90 Å². The number of aromatic nitrogens is 2. The van der Waals surface area contributed by atoms with Crippen LogP contribution < -0.4 is 10.2 Å². The second-order valence-corrected chi connectivity index (χ2v) is 5.36. The van der Waals surface area contributed by atoms with Gasteiger partial charge in [0, 0.05) is 24.9 Å². The lowest BCUT2D eigenvalue weighted by Crippen LogP contribution is -2.54. The smallest absolute Gasteiger partial charge is 0.319 e. The molecule has 1 atom stereocenters. The average Bonchev–Trinajstić information content (AvgIpc) is 3.15. The zero-order valence-corrected chi connectivity index (χ0v) is 11.8. The fourth-order valence-electron chi connectivity index (χ4n) is 2.12. The molecule has 2 fully saturated rings. The lowest BCUT2D eigenvalue weighted by molar-refractivity contribution is -0.124. The number of alkyl halides is 1. The molecule has 2 heterocycles. The van der Waals surface area contributed by atoms with Crippen LogP contribution in [0, 0.1) is 0 Å². The van der Waals surface area contributed by atoms with Gasteiger partial charge in [-0.05, 0) is 12.8 Å². The Bertz CT molecular complexity index is 477. The maximum absolute atomic E-state index is 12.2. The van der Waals surface area contributed by atoms with E-state index < -0.39 is 6.04 Å². The number of carbonyl (C=O) groups is 1. The van der Waals surface area contributed by atoms with Crippen LogP contribution in [0.4, 0.5) is 6.01 Å². The van der Waals surface area contributed by atoms with Crippen molar-refractivity contribution < 1.29 is 13.9 Å². The summed E-state index contributed by atoms with van der Waals surface area (Å²) in [6.45, 7) is 1.44. The summed E-state index contributed by atoms with van der Waals surface area (Å²) >= 11 is 5.65. The first-order valence-corrected chi connectivity index (χ1v) is 7.34. The van der Waals surface area contributed by atoms with Crippen molar-refractivity contribution in [1.82, 2.24) is 15.5 Å². The van der Waals surface area contributed by atoms with Crippen LogP contribution in [-0.2, 0) is 16.0 Å². The number of halogens is 1. The molecule has 1 N–H and O–H groups in total. The quantitative estimate of drug-likeness (QED) is 0.790. The molecule has 1 saturated carbocycles. The van der Waals surface area contributed by atoms with Gasteiger partial charge in [-0.15, -0.1) is 16.7 Å². The van der Waals surface area contributed by atoms with Crippen LogP contribution >= 0.6 is 11.6 Å². The minimum absolute atomic E-state index is 0.0377. The molecule has 1 saturated heterocycles. The molecule has 1 aromatic heterocycles. The van der Waals surface area contributed by atoms with Crippen LogP contribution in [0.3, 0.4) is 0 Å². The Balaban J connectivity index is 1.71. The summed E-state index contributed by atoms with van der Waals surface area (Å²) in [6.07, 6.45) is 2.64. The number of ether oxygens (including phenoxy) is 1. The summed E-state index contributed by atoms with van der Waals surface area (Å²) in [6, 6.07) is 0.277. The van der Waals surface area contributed by atoms with E-state index in [4.69, 9.17) is 20.8 Å². The number of hydrogen-bond donors (Lipinski definition) is 1. The standard InChI is InChI=1S/C12H17ClN4O3/c13-4-3-10-15-16-12(20-10)17-5-6-19-7-9(17)11(18)14-8-1-2-8/h8-9H,1-7H2,(H,14,18). The van der Waals surface area contributed by atoms with E-state index >= 15 is 0 Å². The van der Waals surface area contributed by atoms with Gasteiger partial charge < -0.3 is 19.4 Å². The zero-order valence-electron chi connectivity index (χ0n) is 11.0. The van der Waals surface area contributed by atoms with Crippen molar-refractivity contribution >= 4 is 23.5 Å². The van der Waals surface area contributed by atoms with Gasteiger partial charge in [-0.3, -0.25) is 4.79 Å². The van der Waals surface area contributed by atoms with Gasteiger partial charge in [0.25, 0.3) is 0 Å². The molecule has 3 rings (SSSR count). The molecule has 1 aromatic rings. The minimum Gasteiger partial charge on any atom is -0.408 e. The van der Waals surface area contributed by atoms with Crippen LogP contribution in [0.15, 0.2) is 4.42 Å². The van der Waals surface area contributed by atoms with Crippen molar-refractivity contribution in [3.8, 4) is 0 Å². The second-order valence-electron chi connectivity index (χ2n) is 4.98. The van der Waals surface area contributed by atoms with E-state index in [1.54, 1.807) is 0 Å². The Labute approximate surface area is 121 Å². The van der Waals surface area contributed by atoms with Gasteiger partial charge in [-0.25, -0.2) is 0 Å². The minimum atomic E-state index is -0.409. The Kier molecular flexibility index (Phi) is 4.07. The van der Waals surface area contributed by atoms with Crippen molar-refractivity contribution in [2.75, 3.05) is 30.5 Å². The predicted octanol–water partition coefficient (Wildman–Crippen LogP) is 0.335. The number of morpholine rings is 1. The van der Waals surface area contributed by atoms with Crippen LogP contribution in [0.25, 0.3) is 0 Å². The third-order valence-electron chi connectivity index (χ3n) is 3.37. The number of amides is 1.